The standard InChI is InChI=1S/C82H160O17P2/c1-7-11-13-15-17-19-21-23-25-27-29-31-33-35-37-42-46-54-60-66-81(86)98-77(70-92-79(84)64-58-52-45-41-36-34-32-30-28-26-24-22-20-18-16-14-12-8-2)72-96-100(88,89)94-68-76(83)69-95-101(90,91)97-73-78(71-93-80(85)65-59-53-49-48-51-57-63-75(6)10-4)99-82(87)67-61-55-47-43-39-38-40-44-50-56-62-74(5)9-3/h74-78,83H,7-73H2,1-6H3,(H,88,89)(H,90,91)/t74?,75?,76-,77-,78-/m1/s1. The first kappa shape index (κ1) is 99.1. The quantitative estimate of drug-likeness (QED) is 0.0222. The Labute approximate surface area is 619 Å². The van der Waals surface area contributed by atoms with E-state index in [9.17, 15) is 43.2 Å². The van der Waals surface area contributed by atoms with E-state index in [-0.39, 0.29) is 25.7 Å². The first-order valence-electron chi connectivity index (χ1n) is 42.6. The van der Waals surface area contributed by atoms with E-state index in [1.165, 1.54) is 244 Å². The van der Waals surface area contributed by atoms with Crippen LogP contribution in [0, 0.1) is 11.8 Å². The van der Waals surface area contributed by atoms with E-state index in [0.717, 1.165) is 108 Å². The zero-order chi connectivity index (χ0) is 74.2. The van der Waals surface area contributed by atoms with Crippen LogP contribution in [-0.2, 0) is 65.4 Å². The lowest BCUT2D eigenvalue weighted by molar-refractivity contribution is -0.161. The number of esters is 4. The number of unbranched alkanes of at least 4 members (excludes halogenated alkanes) is 49. The number of hydrogen-bond acceptors (Lipinski definition) is 15. The van der Waals surface area contributed by atoms with E-state index >= 15 is 0 Å². The van der Waals surface area contributed by atoms with Gasteiger partial charge in [0.15, 0.2) is 12.2 Å². The summed E-state index contributed by atoms with van der Waals surface area (Å²) in [6.45, 7) is 9.63. The average Bonchev–Trinajstić information content (AvgIpc) is 0.939. The Hall–Kier alpha value is -1.94. The van der Waals surface area contributed by atoms with Gasteiger partial charge in [0.05, 0.1) is 26.4 Å². The lowest BCUT2D eigenvalue weighted by Gasteiger charge is -2.21. The van der Waals surface area contributed by atoms with Gasteiger partial charge < -0.3 is 33.8 Å². The van der Waals surface area contributed by atoms with Crippen LogP contribution in [0.15, 0.2) is 0 Å². The van der Waals surface area contributed by atoms with Crippen LogP contribution in [-0.4, -0.2) is 96.7 Å². The molecule has 0 radical (unpaired) electrons. The minimum Gasteiger partial charge on any atom is -0.462 e. The largest absolute Gasteiger partial charge is 0.472 e. The number of ether oxygens (including phenoxy) is 4. The van der Waals surface area contributed by atoms with E-state index in [4.69, 9.17) is 37.0 Å². The third-order valence-corrected chi connectivity index (χ3v) is 21.8. The van der Waals surface area contributed by atoms with Crippen molar-refractivity contribution in [1.82, 2.24) is 0 Å². The van der Waals surface area contributed by atoms with Crippen molar-refractivity contribution in [2.24, 2.45) is 11.8 Å². The van der Waals surface area contributed by atoms with E-state index in [1.54, 1.807) is 0 Å². The fourth-order valence-electron chi connectivity index (χ4n) is 12.6. The number of rotatable bonds is 81. The Bertz CT molecular complexity index is 1950. The zero-order valence-electron chi connectivity index (χ0n) is 66.2. The molecule has 19 heteroatoms. The number of phosphoric ester groups is 2. The SMILES string of the molecule is CCCCCCCCCCCCCCCCCCCCCC(=O)O[C@H](COC(=O)CCCCCCCCCCCCCCCCCCCC)COP(=O)(O)OC[C@@H](O)COP(=O)(O)OC[C@@H](COC(=O)CCCCCCCCC(C)CC)OC(=O)CCCCCCCCCCCCC(C)CC. The van der Waals surface area contributed by atoms with Gasteiger partial charge in [0.25, 0.3) is 0 Å². The number of aliphatic hydroxyl groups is 1. The molecule has 4 unspecified atom stereocenters. The van der Waals surface area contributed by atoms with E-state index < -0.39 is 97.5 Å². The summed E-state index contributed by atoms with van der Waals surface area (Å²) in [6, 6.07) is 0. The molecule has 0 aromatic heterocycles. The summed E-state index contributed by atoms with van der Waals surface area (Å²) in [4.78, 5) is 73.1. The summed E-state index contributed by atoms with van der Waals surface area (Å²) in [5.41, 5.74) is 0. The van der Waals surface area contributed by atoms with Crippen LogP contribution in [0.2, 0.25) is 0 Å². The summed E-state index contributed by atoms with van der Waals surface area (Å²) in [6.07, 6.45) is 63.8. The second kappa shape index (κ2) is 73.6. The predicted molar refractivity (Wildman–Crippen MR) is 414 cm³/mol. The highest BCUT2D eigenvalue weighted by Crippen LogP contribution is 2.45. The number of carbonyl (C=O) groups excluding carboxylic acids is 4. The molecule has 3 N–H and O–H groups in total. The normalized spacial score (nSPS) is 14.4. The maximum Gasteiger partial charge on any atom is 0.472 e. The van der Waals surface area contributed by atoms with Crippen molar-refractivity contribution in [3.8, 4) is 0 Å². The van der Waals surface area contributed by atoms with Crippen LogP contribution in [0.25, 0.3) is 0 Å². The Morgan fingerprint density at radius 2 is 0.475 bits per heavy atom. The van der Waals surface area contributed by atoms with Crippen molar-refractivity contribution >= 4 is 39.5 Å². The van der Waals surface area contributed by atoms with Crippen LogP contribution in [0.5, 0.6) is 0 Å². The molecule has 0 aromatic rings. The maximum absolute atomic E-state index is 13.1. The second-order valence-electron chi connectivity index (χ2n) is 30.0. The molecule has 0 heterocycles. The van der Waals surface area contributed by atoms with Crippen molar-refractivity contribution in [1.29, 1.82) is 0 Å². The molecule has 7 atom stereocenters. The van der Waals surface area contributed by atoms with Gasteiger partial charge in [-0.25, -0.2) is 9.13 Å². The highest BCUT2D eigenvalue weighted by Gasteiger charge is 2.30. The minimum absolute atomic E-state index is 0.106. The molecule has 0 aliphatic rings. The maximum atomic E-state index is 13.1. The van der Waals surface area contributed by atoms with Crippen LogP contribution in [0.4, 0.5) is 0 Å². The van der Waals surface area contributed by atoms with Gasteiger partial charge >= 0.3 is 39.5 Å². The van der Waals surface area contributed by atoms with Crippen molar-refractivity contribution in [2.45, 2.75) is 452 Å². The lowest BCUT2D eigenvalue weighted by atomic mass is 9.99. The summed E-state index contributed by atoms with van der Waals surface area (Å²) >= 11 is 0. The summed E-state index contributed by atoms with van der Waals surface area (Å²) in [5, 5.41) is 10.6. The third-order valence-electron chi connectivity index (χ3n) is 19.9. The van der Waals surface area contributed by atoms with Gasteiger partial charge in [0.1, 0.15) is 19.3 Å². The Morgan fingerprint density at radius 1 is 0.277 bits per heavy atom. The van der Waals surface area contributed by atoms with Crippen LogP contribution >= 0.6 is 15.6 Å². The van der Waals surface area contributed by atoms with E-state index in [1.807, 2.05) is 0 Å². The topological polar surface area (TPSA) is 237 Å². The van der Waals surface area contributed by atoms with Crippen LogP contribution in [0.1, 0.15) is 433 Å². The monoisotopic (exact) mass is 1480 g/mol. The zero-order valence-corrected chi connectivity index (χ0v) is 68.0. The third kappa shape index (κ3) is 73.4. The molecule has 0 bridgehead atoms. The number of aliphatic hydroxyl groups excluding tert-OH is 1. The fraction of sp³-hybridized carbons (Fsp3) is 0.951. The number of hydrogen-bond donors (Lipinski definition) is 3. The molecular weight excluding hydrogens is 1320 g/mol. The number of carbonyl (C=O) groups is 4. The van der Waals surface area contributed by atoms with E-state index in [2.05, 4.69) is 41.5 Å². The average molecular weight is 1480 g/mol. The van der Waals surface area contributed by atoms with E-state index in [0.29, 0.717) is 25.7 Å². The smallest absolute Gasteiger partial charge is 0.462 e. The first-order valence-corrected chi connectivity index (χ1v) is 45.6. The van der Waals surface area contributed by atoms with Crippen molar-refractivity contribution in [3.63, 3.8) is 0 Å². The van der Waals surface area contributed by atoms with Gasteiger partial charge in [0.2, 0.25) is 0 Å². The molecule has 0 aliphatic heterocycles. The van der Waals surface area contributed by atoms with Gasteiger partial charge in [0, 0.05) is 25.7 Å². The summed E-state index contributed by atoms with van der Waals surface area (Å²) in [7, 11) is -9.92. The molecule has 0 aliphatic carbocycles. The highest BCUT2D eigenvalue weighted by molar-refractivity contribution is 7.47. The molecule has 0 saturated heterocycles. The molecule has 0 saturated carbocycles. The lowest BCUT2D eigenvalue weighted by Crippen LogP contribution is -2.30. The van der Waals surface area contributed by atoms with Crippen molar-refractivity contribution in [2.75, 3.05) is 39.6 Å². The molecular formula is C82H160O17P2. The molecule has 0 amide bonds. The van der Waals surface area contributed by atoms with Gasteiger partial charge in [-0.1, -0.05) is 382 Å². The van der Waals surface area contributed by atoms with Gasteiger partial charge in [-0.3, -0.25) is 37.3 Å². The molecule has 101 heavy (non-hydrogen) atoms. The van der Waals surface area contributed by atoms with Crippen LogP contribution in [0.3, 0.4) is 0 Å². The molecule has 0 spiro atoms. The van der Waals surface area contributed by atoms with Crippen molar-refractivity contribution in [3.05, 3.63) is 0 Å². The molecule has 600 valence electrons. The van der Waals surface area contributed by atoms with Crippen LogP contribution < -0.4 is 0 Å². The Balaban J connectivity index is 5.24. The predicted octanol–water partition coefficient (Wildman–Crippen LogP) is 24.7. The summed E-state index contributed by atoms with van der Waals surface area (Å²) < 4.78 is 68.8. The van der Waals surface area contributed by atoms with Gasteiger partial charge in [-0.05, 0) is 37.5 Å². The second-order valence-corrected chi connectivity index (χ2v) is 32.9. The summed E-state index contributed by atoms with van der Waals surface area (Å²) in [5.74, 6) is -0.575. The van der Waals surface area contributed by atoms with Gasteiger partial charge in [-0.15, -0.1) is 0 Å². The molecule has 0 rings (SSSR count). The first-order chi connectivity index (χ1) is 48.9. The molecule has 0 aromatic carbocycles. The fourth-order valence-corrected chi connectivity index (χ4v) is 14.2. The highest BCUT2D eigenvalue weighted by atomic mass is 31.2. The number of phosphoric acid groups is 2. The van der Waals surface area contributed by atoms with Crippen molar-refractivity contribution < 1.29 is 80.2 Å². The Morgan fingerprint density at radius 3 is 0.703 bits per heavy atom. The minimum atomic E-state index is -4.96. The molecule has 0 fully saturated rings. The molecule has 17 nitrogen and oxygen atoms in total. The van der Waals surface area contributed by atoms with Gasteiger partial charge in [-0.2, -0.15) is 0 Å². The Kier molecular flexibility index (Phi) is 72.2.